The molecule has 0 aliphatic heterocycles. The van der Waals surface area contributed by atoms with Gasteiger partial charge in [-0.15, -0.1) is 0 Å². The quantitative estimate of drug-likeness (QED) is 0.743. The SMILES string of the molecule is CNC(CCC1CCCCC1)C1CCC(C)CC1. The van der Waals surface area contributed by atoms with Crippen LogP contribution in [0.2, 0.25) is 0 Å². The van der Waals surface area contributed by atoms with Crippen LogP contribution in [0.25, 0.3) is 0 Å². The van der Waals surface area contributed by atoms with Crippen LogP contribution in [0.1, 0.15) is 77.6 Å². The third kappa shape index (κ3) is 4.26. The second kappa shape index (κ2) is 7.53. The van der Waals surface area contributed by atoms with Crippen molar-refractivity contribution in [3.05, 3.63) is 0 Å². The van der Waals surface area contributed by atoms with Gasteiger partial charge in [0.2, 0.25) is 0 Å². The molecule has 0 radical (unpaired) electrons. The van der Waals surface area contributed by atoms with Crippen molar-refractivity contribution in [1.29, 1.82) is 0 Å². The van der Waals surface area contributed by atoms with Crippen LogP contribution in [0.4, 0.5) is 0 Å². The lowest BCUT2D eigenvalue weighted by atomic mass is 9.76. The van der Waals surface area contributed by atoms with Gasteiger partial charge in [0.25, 0.3) is 0 Å². The van der Waals surface area contributed by atoms with Gasteiger partial charge >= 0.3 is 0 Å². The van der Waals surface area contributed by atoms with E-state index in [-0.39, 0.29) is 0 Å². The van der Waals surface area contributed by atoms with Crippen LogP contribution in [-0.4, -0.2) is 13.1 Å². The predicted molar refractivity (Wildman–Crippen MR) is 79.8 cm³/mol. The van der Waals surface area contributed by atoms with E-state index >= 15 is 0 Å². The minimum atomic E-state index is 0.805. The van der Waals surface area contributed by atoms with Crippen LogP contribution in [0.5, 0.6) is 0 Å². The molecule has 1 nitrogen and oxygen atoms in total. The normalized spacial score (nSPS) is 32.3. The number of hydrogen-bond donors (Lipinski definition) is 1. The van der Waals surface area contributed by atoms with Crippen LogP contribution in [0, 0.1) is 17.8 Å². The highest BCUT2D eigenvalue weighted by atomic mass is 14.9. The van der Waals surface area contributed by atoms with Gasteiger partial charge in [0.05, 0.1) is 0 Å². The summed E-state index contributed by atoms with van der Waals surface area (Å²) < 4.78 is 0. The van der Waals surface area contributed by atoms with E-state index in [4.69, 9.17) is 0 Å². The van der Waals surface area contributed by atoms with Gasteiger partial charge in [-0.25, -0.2) is 0 Å². The van der Waals surface area contributed by atoms with Gasteiger partial charge in [-0.05, 0) is 50.5 Å². The molecular weight excluding hydrogens is 218 g/mol. The molecule has 0 aromatic carbocycles. The lowest BCUT2D eigenvalue weighted by Crippen LogP contribution is -2.36. The Hall–Kier alpha value is -0.0400. The third-order valence-electron chi connectivity index (χ3n) is 5.61. The van der Waals surface area contributed by atoms with Crippen molar-refractivity contribution < 1.29 is 0 Å². The molecule has 0 bridgehead atoms. The van der Waals surface area contributed by atoms with E-state index in [1.54, 1.807) is 0 Å². The first-order chi connectivity index (χ1) is 8.79. The van der Waals surface area contributed by atoms with Crippen molar-refractivity contribution >= 4 is 0 Å². The summed E-state index contributed by atoms with van der Waals surface area (Å²) in [5, 5.41) is 3.63. The van der Waals surface area contributed by atoms with E-state index in [1.165, 1.54) is 70.6 Å². The molecule has 0 saturated heterocycles. The first-order valence-corrected chi connectivity index (χ1v) is 8.47. The minimum Gasteiger partial charge on any atom is -0.317 e. The number of hydrogen-bond acceptors (Lipinski definition) is 1. The summed E-state index contributed by atoms with van der Waals surface area (Å²) in [4.78, 5) is 0. The van der Waals surface area contributed by atoms with Crippen LogP contribution >= 0.6 is 0 Å². The van der Waals surface area contributed by atoms with E-state index in [9.17, 15) is 0 Å². The predicted octanol–water partition coefficient (Wildman–Crippen LogP) is 4.76. The maximum atomic E-state index is 3.63. The third-order valence-corrected chi connectivity index (χ3v) is 5.61. The lowest BCUT2D eigenvalue weighted by molar-refractivity contribution is 0.214. The highest BCUT2D eigenvalue weighted by Gasteiger charge is 2.25. The molecule has 2 aliphatic carbocycles. The molecule has 0 aromatic rings. The molecule has 2 fully saturated rings. The van der Waals surface area contributed by atoms with Gasteiger partial charge in [0, 0.05) is 6.04 Å². The first kappa shape index (κ1) is 14.4. The van der Waals surface area contributed by atoms with E-state index < -0.39 is 0 Å². The van der Waals surface area contributed by atoms with Gasteiger partial charge in [0.1, 0.15) is 0 Å². The number of rotatable bonds is 5. The summed E-state index contributed by atoms with van der Waals surface area (Å²) in [5.74, 6) is 3.00. The minimum absolute atomic E-state index is 0.805. The Morgan fingerprint density at radius 1 is 0.944 bits per heavy atom. The largest absolute Gasteiger partial charge is 0.317 e. The van der Waals surface area contributed by atoms with Crippen molar-refractivity contribution in [3.63, 3.8) is 0 Å². The van der Waals surface area contributed by atoms with Crippen molar-refractivity contribution in [3.8, 4) is 0 Å². The highest BCUT2D eigenvalue weighted by molar-refractivity contribution is 4.81. The molecule has 1 unspecified atom stereocenters. The molecule has 0 heterocycles. The summed E-state index contributed by atoms with van der Waals surface area (Å²) in [6.45, 7) is 2.42. The molecule has 2 aliphatic rings. The van der Waals surface area contributed by atoms with E-state index in [2.05, 4.69) is 19.3 Å². The average Bonchev–Trinajstić information content (AvgIpc) is 2.42. The average molecular weight is 251 g/mol. The Balaban J connectivity index is 1.71. The van der Waals surface area contributed by atoms with Gasteiger partial charge < -0.3 is 5.32 Å². The van der Waals surface area contributed by atoms with Gasteiger partial charge in [-0.1, -0.05) is 51.9 Å². The molecule has 1 heteroatoms. The summed E-state index contributed by atoms with van der Waals surface area (Å²) in [7, 11) is 2.18. The summed E-state index contributed by atoms with van der Waals surface area (Å²) >= 11 is 0. The van der Waals surface area contributed by atoms with E-state index in [0.717, 1.165) is 23.8 Å². The Morgan fingerprint density at radius 3 is 2.22 bits per heavy atom. The maximum absolute atomic E-state index is 3.63. The zero-order valence-electron chi connectivity index (χ0n) is 12.6. The van der Waals surface area contributed by atoms with Crippen molar-refractivity contribution in [2.45, 2.75) is 83.6 Å². The molecule has 0 amide bonds. The number of nitrogens with one attached hydrogen (secondary N) is 1. The maximum Gasteiger partial charge on any atom is 0.00924 e. The lowest BCUT2D eigenvalue weighted by Gasteiger charge is -2.33. The topological polar surface area (TPSA) is 12.0 Å². The Morgan fingerprint density at radius 2 is 1.61 bits per heavy atom. The molecule has 0 spiro atoms. The Labute approximate surface area is 114 Å². The van der Waals surface area contributed by atoms with E-state index in [0.29, 0.717) is 0 Å². The van der Waals surface area contributed by atoms with Crippen molar-refractivity contribution in [2.24, 2.45) is 17.8 Å². The fraction of sp³-hybridized carbons (Fsp3) is 1.00. The molecule has 2 saturated carbocycles. The molecule has 1 N–H and O–H groups in total. The van der Waals surface area contributed by atoms with Crippen molar-refractivity contribution in [1.82, 2.24) is 5.32 Å². The monoisotopic (exact) mass is 251 g/mol. The molecule has 2 rings (SSSR count). The van der Waals surface area contributed by atoms with E-state index in [1.807, 2.05) is 0 Å². The molecule has 0 aromatic heterocycles. The summed E-state index contributed by atoms with van der Waals surface area (Å²) in [6.07, 6.45) is 16.3. The smallest absolute Gasteiger partial charge is 0.00924 e. The zero-order chi connectivity index (χ0) is 12.8. The fourth-order valence-electron chi connectivity index (χ4n) is 4.20. The standard InChI is InChI=1S/C17H33N/c1-14-8-11-16(12-9-14)17(18-2)13-10-15-6-4-3-5-7-15/h14-18H,3-13H2,1-2H3. The summed E-state index contributed by atoms with van der Waals surface area (Å²) in [5.41, 5.74) is 0. The second-order valence-electron chi connectivity index (χ2n) is 7.00. The van der Waals surface area contributed by atoms with Gasteiger partial charge in [-0.2, -0.15) is 0 Å². The Kier molecular flexibility index (Phi) is 6.01. The van der Waals surface area contributed by atoms with Crippen molar-refractivity contribution in [2.75, 3.05) is 7.05 Å². The van der Waals surface area contributed by atoms with Crippen LogP contribution < -0.4 is 5.32 Å². The molecule has 18 heavy (non-hydrogen) atoms. The molecule has 106 valence electrons. The zero-order valence-corrected chi connectivity index (χ0v) is 12.6. The summed E-state index contributed by atoms with van der Waals surface area (Å²) in [6, 6.07) is 0.805. The van der Waals surface area contributed by atoms with Crippen LogP contribution in [0.15, 0.2) is 0 Å². The van der Waals surface area contributed by atoms with Crippen LogP contribution in [0.3, 0.4) is 0 Å². The van der Waals surface area contributed by atoms with Gasteiger partial charge in [-0.3, -0.25) is 0 Å². The Bertz CT molecular complexity index is 212. The van der Waals surface area contributed by atoms with Gasteiger partial charge in [0.15, 0.2) is 0 Å². The fourth-order valence-corrected chi connectivity index (χ4v) is 4.20. The molecule has 1 atom stereocenters. The second-order valence-corrected chi connectivity index (χ2v) is 7.00. The molecular formula is C17H33N. The first-order valence-electron chi connectivity index (χ1n) is 8.47. The highest BCUT2D eigenvalue weighted by Crippen LogP contribution is 2.34. The van der Waals surface area contributed by atoms with Crippen LogP contribution in [-0.2, 0) is 0 Å².